The summed E-state index contributed by atoms with van der Waals surface area (Å²) in [6.07, 6.45) is 5.27. The monoisotopic (exact) mass is 449 g/mol. The maximum atomic E-state index is 13.3. The van der Waals surface area contributed by atoms with Crippen LogP contribution in [0, 0.1) is 23.2 Å². The summed E-state index contributed by atoms with van der Waals surface area (Å²) in [6.45, 7) is 1.69. The number of amides is 2. The molecule has 5 fully saturated rings. The molecule has 2 heterocycles. The third-order valence-electron chi connectivity index (χ3n) is 7.88. The summed E-state index contributed by atoms with van der Waals surface area (Å²) in [5.41, 5.74) is 5.16. The summed E-state index contributed by atoms with van der Waals surface area (Å²) in [5.74, 6) is -1.99. The second kappa shape index (κ2) is 7.56. The Morgan fingerprint density at radius 3 is 2.53 bits per heavy atom. The molecule has 0 aromatic carbocycles. The average molecular weight is 449 g/mol. The maximum absolute atomic E-state index is 13.3. The Morgan fingerprint density at radius 1 is 1.22 bits per heavy atom. The van der Waals surface area contributed by atoms with Crippen molar-refractivity contribution >= 4 is 12.0 Å². The van der Waals surface area contributed by atoms with Crippen molar-refractivity contribution in [2.45, 2.75) is 63.6 Å². The van der Waals surface area contributed by atoms with Gasteiger partial charge in [-0.1, -0.05) is 0 Å². The topological polar surface area (TPSA) is 94.7 Å². The van der Waals surface area contributed by atoms with Crippen LogP contribution >= 0.6 is 0 Å². The molecular formula is C23H29F2N3O4. The standard InChI is InChI=1S/C23H29F2N3O4/c1-22(24,25)16-2-3-18(27-11-16)31-17-4-5-28(12-17)21(30)32-19-14-6-13-7-15(19)10-23(8-13,9-14)20(26)29/h2-3,11,13-15,17,19H,4-10,12H2,1H3,(H2,26,29)/t13?,14?,15?,17?,19-,23-. The van der Waals surface area contributed by atoms with Crippen molar-refractivity contribution in [3.05, 3.63) is 23.9 Å². The fourth-order valence-electron chi connectivity index (χ4n) is 6.53. The highest BCUT2D eigenvalue weighted by Gasteiger charge is 2.59. The Labute approximate surface area is 185 Å². The summed E-state index contributed by atoms with van der Waals surface area (Å²) in [5, 5.41) is 0. The van der Waals surface area contributed by atoms with Crippen molar-refractivity contribution in [1.82, 2.24) is 9.88 Å². The van der Waals surface area contributed by atoms with Gasteiger partial charge in [0.15, 0.2) is 0 Å². The number of carbonyl (C=O) groups is 2. The number of carbonyl (C=O) groups excluding carboxylic acids is 2. The molecule has 1 aliphatic heterocycles. The zero-order valence-electron chi connectivity index (χ0n) is 18.1. The van der Waals surface area contributed by atoms with Crippen molar-refractivity contribution in [3.8, 4) is 5.88 Å². The van der Waals surface area contributed by atoms with Gasteiger partial charge in [-0.2, -0.15) is 0 Å². The summed E-state index contributed by atoms with van der Waals surface area (Å²) in [6, 6.07) is 2.73. The largest absolute Gasteiger partial charge is 0.472 e. The Hall–Kier alpha value is -2.45. The minimum atomic E-state index is -2.95. The van der Waals surface area contributed by atoms with Crippen LogP contribution in [0.1, 0.15) is 51.0 Å². The zero-order valence-corrected chi connectivity index (χ0v) is 18.1. The second-order valence-electron chi connectivity index (χ2n) is 10.2. The number of aromatic nitrogens is 1. The van der Waals surface area contributed by atoms with E-state index in [1.165, 1.54) is 12.1 Å². The molecule has 0 radical (unpaired) electrons. The van der Waals surface area contributed by atoms with Gasteiger partial charge < -0.3 is 20.1 Å². The van der Waals surface area contributed by atoms with Gasteiger partial charge in [0, 0.05) is 37.7 Å². The number of nitrogens with two attached hydrogens (primary N) is 1. The van der Waals surface area contributed by atoms with Gasteiger partial charge in [0.2, 0.25) is 11.8 Å². The van der Waals surface area contributed by atoms with E-state index in [4.69, 9.17) is 15.2 Å². The van der Waals surface area contributed by atoms with E-state index in [-0.39, 0.29) is 47.5 Å². The molecule has 9 heteroatoms. The van der Waals surface area contributed by atoms with E-state index in [1.54, 1.807) is 4.90 Å². The lowest BCUT2D eigenvalue weighted by Gasteiger charge is -2.58. The van der Waals surface area contributed by atoms with Crippen LogP contribution in [0.4, 0.5) is 13.6 Å². The molecule has 1 aromatic rings. The fourth-order valence-corrected chi connectivity index (χ4v) is 6.53. The molecule has 174 valence electrons. The zero-order chi connectivity index (χ0) is 22.7. The van der Waals surface area contributed by atoms with Gasteiger partial charge in [0.25, 0.3) is 5.92 Å². The third kappa shape index (κ3) is 3.79. The lowest BCUT2D eigenvalue weighted by molar-refractivity contribution is -0.161. The summed E-state index contributed by atoms with van der Waals surface area (Å²) in [7, 11) is 0. The van der Waals surface area contributed by atoms with E-state index in [1.807, 2.05) is 0 Å². The van der Waals surface area contributed by atoms with E-state index in [0.717, 1.165) is 45.2 Å². The fraction of sp³-hybridized carbons (Fsp3) is 0.696. The Balaban J connectivity index is 1.16. The van der Waals surface area contributed by atoms with Gasteiger partial charge in [-0.05, 0) is 55.9 Å². The molecule has 3 atom stereocenters. The van der Waals surface area contributed by atoms with Gasteiger partial charge in [-0.15, -0.1) is 0 Å². The number of ether oxygens (including phenoxy) is 2. The normalized spacial score (nSPS) is 35.7. The Morgan fingerprint density at radius 2 is 1.94 bits per heavy atom. The van der Waals surface area contributed by atoms with Crippen LogP contribution in [0.5, 0.6) is 5.88 Å². The quantitative estimate of drug-likeness (QED) is 0.743. The minimum absolute atomic E-state index is 0.156. The van der Waals surface area contributed by atoms with Crippen molar-refractivity contribution in [1.29, 1.82) is 0 Å². The number of halogens is 2. The molecule has 0 spiro atoms. The Kier molecular flexibility index (Phi) is 5.05. The molecule has 4 bridgehead atoms. The molecule has 1 aromatic heterocycles. The molecule has 5 aliphatic rings. The SMILES string of the molecule is CC(F)(F)c1ccc(OC2CCN(C(=O)O[C@H]3C4CC5CC3C[C@](C(N)=O)(C5)C4)C2)nc1. The van der Waals surface area contributed by atoms with Crippen molar-refractivity contribution in [2.24, 2.45) is 28.9 Å². The number of hydrogen-bond acceptors (Lipinski definition) is 5. The van der Waals surface area contributed by atoms with E-state index in [2.05, 4.69) is 4.98 Å². The van der Waals surface area contributed by atoms with Gasteiger partial charge in [-0.3, -0.25) is 4.79 Å². The first kappa shape index (κ1) is 21.4. The number of alkyl halides is 2. The van der Waals surface area contributed by atoms with E-state index in [0.29, 0.717) is 25.4 Å². The van der Waals surface area contributed by atoms with E-state index < -0.39 is 11.3 Å². The van der Waals surface area contributed by atoms with E-state index in [9.17, 15) is 18.4 Å². The summed E-state index contributed by atoms with van der Waals surface area (Å²) < 4.78 is 38.4. The maximum Gasteiger partial charge on any atom is 0.410 e. The molecule has 2 amide bonds. The molecule has 3 unspecified atom stereocenters. The summed E-state index contributed by atoms with van der Waals surface area (Å²) in [4.78, 5) is 30.6. The molecule has 1 saturated heterocycles. The van der Waals surface area contributed by atoms with Crippen LogP contribution in [0.15, 0.2) is 18.3 Å². The van der Waals surface area contributed by atoms with Gasteiger partial charge >= 0.3 is 6.09 Å². The minimum Gasteiger partial charge on any atom is -0.472 e. The van der Waals surface area contributed by atoms with Gasteiger partial charge in [-0.25, -0.2) is 18.6 Å². The van der Waals surface area contributed by atoms with Crippen molar-refractivity contribution in [2.75, 3.05) is 13.1 Å². The summed E-state index contributed by atoms with van der Waals surface area (Å²) >= 11 is 0. The predicted molar refractivity (Wildman–Crippen MR) is 110 cm³/mol. The van der Waals surface area contributed by atoms with Crippen LogP contribution in [-0.4, -0.2) is 47.2 Å². The molecule has 7 nitrogen and oxygen atoms in total. The Bertz CT molecular complexity index is 887. The number of nitrogens with zero attached hydrogens (tertiary/aromatic N) is 2. The van der Waals surface area contributed by atoms with Crippen molar-refractivity contribution < 1.29 is 27.8 Å². The lowest BCUT2D eigenvalue weighted by atomic mass is 9.48. The van der Waals surface area contributed by atoms with Crippen LogP contribution in [0.3, 0.4) is 0 Å². The second-order valence-corrected chi connectivity index (χ2v) is 10.2. The number of likely N-dealkylation sites (tertiary alicyclic amines) is 1. The number of pyridine rings is 1. The highest BCUT2D eigenvalue weighted by Crippen LogP contribution is 2.60. The number of rotatable bonds is 5. The highest BCUT2D eigenvalue weighted by atomic mass is 19.3. The van der Waals surface area contributed by atoms with Gasteiger partial charge in [0.1, 0.15) is 12.2 Å². The molecule has 4 aliphatic carbocycles. The number of hydrogen-bond donors (Lipinski definition) is 1. The first-order chi connectivity index (χ1) is 15.1. The molecule has 4 saturated carbocycles. The smallest absolute Gasteiger partial charge is 0.410 e. The molecule has 6 rings (SSSR count). The van der Waals surface area contributed by atoms with Crippen LogP contribution < -0.4 is 10.5 Å². The van der Waals surface area contributed by atoms with E-state index >= 15 is 0 Å². The molecule has 2 N–H and O–H groups in total. The van der Waals surface area contributed by atoms with Gasteiger partial charge in [0.05, 0.1) is 12.0 Å². The molecular weight excluding hydrogens is 420 g/mol. The highest BCUT2D eigenvalue weighted by molar-refractivity contribution is 5.81. The first-order valence-electron chi connectivity index (χ1n) is 11.4. The van der Waals surface area contributed by atoms with Crippen molar-refractivity contribution in [3.63, 3.8) is 0 Å². The number of primary amides is 1. The first-order valence-corrected chi connectivity index (χ1v) is 11.4. The van der Waals surface area contributed by atoms with Crippen LogP contribution in [0.25, 0.3) is 0 Å². The average Bonchev–Trinajstić information content (AvgIpc) is 3.18. The lowest BCUT2D eigenvalue weighted by Crippen LogP contribution is -2.59. The van der Waals surface area contributed by atoms with Crippen LogP contribution in [-0.2, 0) is 15.5 Å². The predicted octanol–water partition coefficient (Wildman–Crippen LogP) is 3.46. The third-order valence-corrected chi connectivity index (χ3v) is 7.88. The van der Waals surface area contributed by atoms with Crippen LogP contribution in [0.2, 0.25) is 0 Å². The molecule has 32 heavy (non-hydrogen) atoms.